The van der Waals surface area contributed by atoms with Crippen LogP contribution in [0.1, 0.15) is 36.7 Å². The number of hydrogen-bond acceptors (Lipinski definition) is 4. The molecule has 4 nitrogen and oxygen atoms in total. The Labute approximate surface area is 135 Å². The maximum atomic E-state index is 12.1. The van der Waals surface area contributed by atoms with Gasteiger partial charge in [0.25, 0.3) is 0 Å². The Balaban J connectivity index is 2.32. The highest BCUT2D eigenvalue weighted by Crippen LogP contribution is 2.39. The average molecular weight is 318 g/mol. The summed E-state index contributed by atoms with van der Waals surface area (Å²) in [6, 6.07) is 4.32. The fourth-order valence-electron chi connectivity index (χ4n) is 3.08. The molecule has 0 saturated carbocycles. The first kappa shape index (κ1) is 15.3. The van der Waals surface area contributed by atoms with E-state index in [0.717, 1.165) is 24.4 Å². The van der Waals surface area contributed by atoms with Crippen molar-refractivity contribution in [3.63, 3.8) is 0 Å². The minimum absolute atomic E-state index is 0.272. The number of anilines is 1. The number of methoxy groups -OCH3 is 1. The molecule has 5 heteroatoms. The molecule has 118 valence electrons. The van der Waals surface area contributed by atoms with Gasteiger partial charge >= 0.3 is 5.97 Å². The summed E-state index contributed by atoms with van der Waals surface area (Å²) in [6.07, 6.45) is 3.20. The van der Waals surface area contributed by atoms with E-state index >= 15 is 0 Å². The van der Waals surface area contributed by atoms with Crippen molar-refractivity contribution in [2.24, 2.45) is 0 Å². The second-order valence-electron chi connectivity index (χ2n) is 5.84. The fraction of sp³-hybridized carbons (Fsp3) is 0.471. The number of hydrogen-bond donors (Lipinski definition) is 0. The van der Waals surface area contributed by atoms with Gasteiger partial charge in [0.1, 0.15) is 0 Å². The smallest absolute Gasteiger partial charge is 0.337 e. The van der Waals surface area contributed by atoms with E-state index in [2.05, 4.69) is 35.8 Å². The Kier molecular flexibility index (Phi) is 4.08. The predicted molar refractivity (Wildman–Crippen MR) is 92.7 cm³/mol. The van der Waals surface area contributed by atoms with Crippen molar-refractivity contribution in [3.8, 4) is 0 Å². The molecule has 0 amide bonds. The molecule has 1 aliphatic heterocycles. The molecule has 0 saturated heterocycles. The molecule has 22 heavy (non-hydrogen) atoms. The van der Waals surface area contributed by atoms with Crippen LogP contribution in [0.25, 0.3) is 10.9 Å². The first-order valence-corrected chi connectivity index (χ1v) is 8.67. The van der Waals surface area contributed by atoms with Crippen molar-refractivity contribution < 1.29 is 9.53 Å². The van der Waals surface area contributed by atoms with Crippen LogP contribution in [0.2, 0.25) is 0 Å². The molecule has 1 aromatic carbocycles. The number of carbonyl (C=O) groups is 1. The van der Waals surface area contributed by atoms with Crippen LogP contribution < -0.4 is 4.31 Å². The van der Waals surface area contributed by atoms with E-state index in [1.165, 1.54) is 23.6 Å². The molecule has 0 bridgehead atoms. The van der Waals surface area contributed by atoms with Crippen molar-refractivity contribution >= 4 is 34.5 Å². The molecule has 0 unspecified atom stereocenters. The van der Waals surface area contributed by atoms with E-state index < -0.39 is 0 Å². The lowest BCUT2D eigenvalue weighted by atomic mass is 10.1. The minimum Gasteiger partial charge on any atom is -0.465 e. The van der Waals surface area contributed by atoms with Gasteiger partial charge < -0.3 is 13.6 Å². The zero-order chi connectivity index (χ0) is 15.9. The second-order valence-corrected chi connectivity index (χ2v) is 6.90. The lowest BCUT2D eigenvalue weighted by Crippen LogP contribution is -2.23. The molecule has 2 aromatic rings. The van der Waals surface area contributed by atoms with Gasteiger partial charge in [-0.1, -0.05) is 6.92 Å². The van der Waals surface area contributed by atoms with E-state index in [1.54, 1.807) is 0 Å². The molecule has 2 heterocycles. The zero-order valence-corrected chi connectivity index (χ0v) is 14.4. The predicted octanol–water partition coefficient (Wildman–Crippen LogP) is 3.87. The van der Waals surface area contributed by atoms with Gasteiger partial charge in [-0.3, -0.25) is 0 Å². The Bertz CT molecular complexity index is 721. The van der Waals surface area contributed by atoms with Crippen LogP contribution >= 0.6 is 11.9 Å². The fourth-order valence-corrected chi connectivity index (χ4v) is 4.14. The van der Waals surface area contributed by atoms with Crippen molar-refractivity contribution in [1.82, 2.24) is 4.57 Å². The van der Waals surface area contributed by atoms with Gasteiger partial charge in [0.2, 0.25) is 0 Å². The molecule has 1 aliphatic rings. The van der Waals surface area contributed by atoms with Crippen molar-refractivity contribution in [2.45, 2.75) is 39.8 Å². The van der Waals surface area contributed by atoms with E-state index in [4.69, 9.17) is 4.74 Å². The number of benzene rings is 1. The number of rotatable bonds is 3. The molecular formula is C17H22N2O2S. The average Bonchev–Trinajstić information content (AvgIpc) is 2.76. The van der Waals surface area contributed by atoms with E-state index in [1.807, 2.05) is 24.1 Å². The van der Waals surface area contributed by atoms with Crippen LogP contribution in [0.4, 0.5) is 5.69 Å². The molecular weight excluding hydrogens is 296 g/mol. The number of aromatic nitrogens is 1. The first-order chi connectivity index (χ1) is 10.6. The lowest BCUT2D eigenvalue weighted by molar-refractivity contribution is 0.0601. The van der Waals surface area contributed by atoms with Crippen LogP contribution in [0.3, 0.4) is 0 Å². The molecule has 0 radical (unpaired) electrons. The van der Waals surface area contributed by atoms with Gasteiger partial charge in [0.15, 0.2) is 0 Å². The summed E-state index contributed by atoms with van der Waals surface area (Å²) in [4.78, 5) is 12.1. The monoisotopic (exact) mass is 318 g/mol. The summed E-state index contributed by atoms with van der Waals surface area (Å²) < 4.78 is 9.59. The second kappa shape index (κ2) is 5.88. The van der Waals surface area contributed by atoms with E-state index in [9.17, 15) is 4.79 Å². The first-order valence-electron chi connectivity index (χ1n) is 7.73. The van der Waals surface area contributed by atoms with Gasteiger partial charge in [0, 0.05) is 29.9 Å². The van der Waals surface area contributed by atoms with Crippen molar-refractivity contribution in [3.05, 3.63) is 29.5 Å². The van der Waals surface area contributed by atoms with Crippen molar-refractivity contribution in [2.75, 3.05) is 17.2 Å². The molecule has 0 fully saturated rings. The highest BCUT2D eigenvalue weighted by Gasteiger charge is 2.24. The Morgan fingerprint density at radius 2 is 2.18 bits per heavy atom. The maximum Gasteiger partial charge on any atom is 0.337 e. The summed E-state index contributed by atoms with van der Waals surface area (Å²) >= 11 is 1.83. The van der Waals surface area contributed by atoms with Gasteiger partial charge in [-0.05, 0) is 49.9 Å². The third-order valence-corrected chi connectivity index (χ3v) is 5.37. The quantitative estimate of drug-likeness (QED) is 0.635. The number of esters is 1. The van der Waals surface area contributed by atoms with E-state index in [-0.39, 0.29) is 5.97 Å². The zero-order valence-electron chi connectivity index (χ0n) is 13.5. The van der Waals surface area contributed by atoms with Gasteiger partial charge in [-0.2, -0.15) is 0 Å². The Hall–Kier alpha value is -1.62. The summed E-state index contributed by atoms with van der Waals surface area (Å²) in [7, 11) is 1.44. The molecule has 3 rings (SSSR count). The molecule has 0 spiro atoms. The van der Waals surface area contributed by atoms with Gasteiger partial charge in [0.05, 0.1) is 23.9 Å². The largest absolute Gasteiger partial charge is 0.465 e. The molecule has 0 N–H and O–H groups in total. The molecule has 0 aliphatic carbocycles. The van der Waals surface area contributed by atoms with Crippen LogP contribution in [-0.4, -0.2) is 29.4 Å². The van der Waals surface area contributed by atoms with Crippen LogP contribution in [-0.2, 0) is 17.7 Å². The third kappa shape index (κ3) is 2.37. The van der Waals surface area contributed by atoms with E-state index in [0.29, 0.717) is 11.6 Å². The lowest BCUT2D eigenvalue weighted by Gasteiger charge is -2.27. The number of nitrogens with zero attached hydrogens (tertiary/aromatic N) is 2. The summed E-state index contributed by atoms with van der Waals surface area (Å²) in [5, 5.41) is 1.17. The summed E-state index contributed by atoms with van der Waals surface area (Å²) in [5.74, 6) is 0.763. The van der Waals surface area contributed by atoms with Crippen LogP contribution in [0, 0.1) is 0 Å². The summed E-state index contributed by atoms with van der Waals surface area (Å²) in [5.41, 5.74) is 4.28. The van der Waals surface area contributed by atoms with Gasteiger partial charge in [-0.15, -0.1) is 0 Å². The van der Waals surface area contributed by atoms with Crippen molar-refractivity contribution in [1.29, 1.82) is 0 Å². The number of aryl methyl sites for hydroxylation is 2. The highest BCUT2D eigenvalue weighted by molar-refractivity contribution is 8.00. The Morgan fingerprint density at radius 3 is 2.82 bits per heavy atom. The number of ether oxygens (including phenoxy) is 1. The maximum absolute atomic E-state index is 12.1. The van der Waals surface area contributed by atoms with Crippen LogP contribution in [0.5, 0.6) is 0 Å². The highest BCUT2D eigenvalue weighted by atomic mass is 32.2. The number of carbonyl (C=O) groups excluding carboxylic acids is 1. The standard InChI is InChI=1S/C17H22N2O2S/c1-5-12-10-18-6-7-22-19(11(2)3)15-9-13(17(20)21-4)8-14(12)16(15)18/h8-11H,5-7H2,1-4H3. The normalized spacial score (nSPS) is 14.5. The molecule has 0 atom stereocenters. The molecule has 1 aromatic heterocycles. The Morgan fingerprint density at radius 1 is 1.41 bits per heavy atom. The van der Waals surface area contributed by atoms with Crippen LogP contribution in [0.15, 0.2) is 18.3 Å². The summed E-state index contributed by atoms with van der Waals surface area (Å²) in [6.45, 7) is 7.52. The minimum atomic E-state index is -0.272. The SMILES string of the molecule is CCc1cn2c3c(cc(C(=O)OC)cc13)N(C(C)C)SCC2. The third-order valence-electron chi connectivity index (χ3n) is 4.11. The topological polar surface area (TPSA) is 34.5 Å². The van der Waals surface area contributed by atoms with Gasteiger partial charge in [-0.25, -0.2) is 4.79 Å².